The molecule has 1 amide bonds. The predicted molar refractivity (Wildman–Crippen MR) is 109 cm³/mol. The van der Waals surface area contributed by atoms with E-state index in [0.29, 0.717) is 25.1 Å². The van der Waals surface area contributed by atoms with Crippen LogP contribution in [0, 0.1) is 0 Å². The van der Waals surface area contributed by atoms with Gasteiger partial charge in [0.05, 0.1) is 19.2 Å². The van der Waals surface area contributed by atoms with Crippen molar-refractivity contribution in [3.05, 3.63) is 64.7 Å². The molecule has 0 fully saturated rings. The molecule has 0 N–H and O–H groups in total. The molecule has 0 aliphatic carbocycles. The van der Waals surface area contributed by atoms with Crippen LogP contribution in [0.4, 0.5) is 4.79 Å². The monoisotopic (exact) mass is 397 g/mol. The summed E-state index contributed by atoms with van der Waals surface area (Å²) in [7, 11) is 1.35. The van der Waals surface area contributed by atoms with Gasteiger partial charge in [-0.1, -0.05) is 30.3 Å². The zero-order chi connectivity index (χ0) is 21.0. The molecule has 6 nitrogen and oxygen atoms in total. The van der Waals surface area contributed by atoms with Crippen LogP contribution in [0.1, 0.15) is 47.8 Å². The van der Waals surface area contributed by atoms with Crippen LogP contribution in [0.15, 0.2) is 42.5 Å². The Hall–Kier alpha value is -3.02. The summed E-state index contributed by atoms with van der Waals surface area (Å²) < 4.78 is 16.5. The molecular formula is C23H27NO5. The normalized spacial score (nSPS) is 13.4. The van der Waals surface area contributed by atoms with E-state index >= 15 is 0 Å². The maximum Gasteiger partial charge on any atom is 0.410 e. The Labute approximate surface area is 171 Å². The molecule has 2 aromatic rings. The number of hydrogen-bond acceptors (Lipinski definition) is 5. The first kappa shape index (κ1) is 20.7. The molecule has 1 aliphatic rings. The quantitative estimate of drug-likeness (QED) is 0.718. The number of rotatable bonds is 4. The summed E-state index contributed by atoms with van der Waals surface area (Å²) in [6.45, 7) is 6.70. The summed E-state index contributed by atoms with van der Waals surface area (Å²) >= 11 is 0. The number of esters is 1. The fraction of sp³-hybridized carbons (Fsp3) is 0.391. The van der Waals surface area contributed by atoms with Gasteiger partial charge >= 0.3 is 12.1 Å². The average molecular weight is 397 g/mol. The van der Waals surface area contributed by atoms with Crippen LogP contribution in [0.2, 0.25) is 0 Å². The van der Waals surface area contributed by atoms with E-state index < -0.39 is 17.7 Å². The fourth-order valence-corrected chi connectivity index (χ4v) is 3.30. The van der Waals surface area contributed by atoms with E-state index in [4.69, 9.17) is 14.2 Å². The molecule has 29 heavy (non-hydrogen) atoms. The Morgan fingerprint density at radius 2 is 1.76 bits per heavy atom. The lowest BCUT2D eigenvalue weighted by molar-refractivity contribution is 0.0219. The maximum absolute atomic E-state index is 12.5. The molecule has 0 saturated carbocycles. The van der Waals surface area contributed by atoms with Crippen molar-refractivity contribution in [2.24, 2.45) is 0 Å². The third kappa shape index (κ3) is 5.08. The largest absolute Gasteiger partial charge is 0.489 e. The minimum Gasteiger partial charge on any atom is -0.489 e. The number of fused-ring (bicyclic) bond motifs is 1. The van der Waals surface area contributed by atoms with E-state index in [9.17, 15) is 9.59 Å². The molecule has 0 bridgehead atoms. The number of carbonyl (C=O) groups excluding carboxylic acids is 2. The van der Waals surface area contributed by atoms with E-state index in [1.807, 2.05) is 51.1 Å². The number of hydrogen-bond donors (Lipinski definition) is 0. The highest BCUT2D eigenvalue weighted by Gasteiger charge is 2.30. The third-order valence-corrected chi connectivity index (χ3v) is 4.66. The highest BCUT2D eigenvalue weighted by Crippen LogP contribution is 2.32. The first-order chi connectivity index (χ1) is 13.8. The minimum atomic E-state index is -0.580. The number of carbonyl (C=O) groups is 2. The summed E-state index contributed by atoms with van der Waals surface area (Å²) in [4.78, 5) is 26.4. The second-order valence-electron chi connectivity index (χ2n) is 7.99. The topological polar surface area (TPSA) is 65.1 Å². The van der Waals surface area contributed by atoms with Crippen molar-refractivity contribution in [1.29, 1.82) is 0 Å². The average Bonchev–Trinajstić information content (AvgIpc) is 2.70. The van der Waals surface area contributed by atoms with Gasteiger partial charge in [0.25, 0.3) is 0 Å². The van der Waals surface area contributed by atoms with Crippen LogP contribution in [-0.2, 0) is 29.0 Å². The molecule has 0 spiro atoms. The first-order valence-corrected chi connectivity index (χ1v) is 9.66. The number of ether oxygens (including phenoxy) is 3. The lowest BCUT2D eigenvalue weighted by atomic mass is 9.94. The third-order valence-electron chi connectivity index (χ3n) is 4.66. The smallest absolute Gasteiger partial charge is 0.410 e. The first-order valence-electron chi connectivity index (χ1n) is 9.66. The molecule has 154 valence electrons. The number of amides is 1. The fourth-order valence-electron chi connectivity index (χ4n) is 3.30. The van der Waals surface area contributed by atoms with Gasteiger partial charge in [0.1, 0.15) is 18.0 Å². The van der Waals surface area contributed by atoms with E-state index in [-0.39, 0.29) is 6.54 Å². The Balaban J connectivity index is 1.87. The lowest BCUT2D eigenvalue weighted by Crippen LogP contribution is -2.40. The van der Waals surface area contributed by atoms with Crippen LogP contribution in [-0.4, -0.2) is 36.2 Å². The minimum absolute atomic E-state index is 0.275. The van der Waals surface area contributed by atoms with Crippen LogP contribution >= 0.6 is 0 Å². The van der Waals surface area contributed by atoms with Gasteiger partial charge in [-0.25, -0.2) is 9.59 Å². The van der Waals surface area contributed by atoms with Gasteiger partial charge < -0.3 is 19.1 Å². The molecule has 0 unspecified atom stereocenters. The number of nitrogens with zero attached hydrogens (tertiary/aromatic N) is 1. The van der Waals surface area contributed by atoms with Gasteiger partial charge in [-0.05, 0) is 50.5 Å². The Morgan fingerprint density at radius 1 is 1.03 bits per heavy atom. The zero-order valence-electron chi connectivity index (χ0n) is 17.4. The van der Waals surface area contributed by atoms with Crippen LogP contribution in [0.25, 0.3) is 0 Å². The van der Waals surface area contributed by atoms with Crippen molar-refractivity contribution in [2.45, 2.75) is 45.9 Å². The predicted octanol–water partition coefficient (Wildman–Crippen LogP) is 4.35. The van der Waals surface area contributed by atoms with Crippen molar-refractivity contribution in [3.63, 3.8) is 0 Å². The van der Waals surface area contributed by atoms with Gasteiger partial charge in [0.15, 0.2) is 0 Å². The van der Waals surface area contributed by atoms with Crippen LogP contribution in [0.5, 0.6) is 5.75 Å². The van der Waals surface area contributed by atoms with Gasteiger partial charge in [0, 0.05) is 12.1 Å². The van der Waals surface area contributed by atoms with Crippen LogP contribution in [0.3, 0.4) is 0 Å². The molecule has 1 heterocycles. The molecular weight excluding hydrogens is 370 g/mol. The molecule has 0 atom stereocenters. The number of methoxy groups -OCH3 is 1. The molecule has 2 aromatic carbocycles. The zero-order valence-corrected chi connectivity index (χ0v) is 17.4. The van der Waals surface area contributed by atoms with Gasteiger partial charge in [-0.2, -0.15) is 0 Å². The van der Waals surface area contributed by atoms with E-state index in [2.05, 4.69) is 0 Å². The highest BCUT2D eigenvalue weighted by molar-refractivity contribution is 5.92. The van der Waals surface area contributed by atoms with E-state index in [1.54, 1.807) is 17.0 Å². The summed E-state index contributed by atoms with van der Waals surface area (Å²) in [5.41, 5.74) is 2.61. The Morgan fingerprint density at radius 3 is 2.41 bits per heavy atom. The van der Waals surface area contributed by atoms with Crippen molar-refractivity contribution in [1.82, 2.24) is 4.90 Å². The molecule has 0 saturated heterocycles. The van der Waals surface area contributed by atoms with Gasteiger partial charge in [0.2, 0.25) is 0 Å². The van der Waals surface area contributed by atoms with Crippen molar-refractivity contribution < 1.29 is 23.8 Å². The lowest BCUT2D eigenvalue weighted by Gasteiger charge is -2.32. The molecule has 3 rings (SSSR count). The Bertz CT molecular complexity index is 886. The molecule has 0 aromatic heterocycles. The summed E-state index contributed by atoms with van der Waals surface area (Å²) in [5, 5.41) is 0. The van der Waals surface area contributed by atoms with Crippen molar-refractivity contribution in [3.8, 4) is 5.75 Å². The van der Waals surface area contributed by atoms with E-state index in [0.717, 1.165) is 22.4 Å². The van der Waals surface area contributed by atoms with Gasteiger partial charge in [-0.15, -0.1) is 0 Å². The van der Waals surface area contributed by atoms with Crippen molar-refractivity contribution >= 4 is 12.1 Å². The molecule has 1 aliphatic heterocycles. The van der Waals surface area contributed by atoms with Crippen molar-refractivity contribution in [2.75, 3.05) is 13.7 Å². The standard InChI is InChI=1S/C23H27NO5/c1-23(2,3)29-22(26)24-13-12-17-19(14-24)18(21(25)27-4)10-11-20(17)28-15-16-8-6-5-7-9-16/h5-11H,12-15H2,1-4H3. The molecule has 0 radical (unpaired) electrons. The summed E-state index contributed by atoms with van der Waals surface area (Å²) in [6.07, 6.45) is 0.179. The highest BCUT2D eigenvalue weighted by atomic mass is 16.6. The number of benzene rings is 2. The second-order valence-corrected chi connectivity index (χ2v) is 7.99. The van der Waals surface area contributed by atoms with E-state index in [1.165, 1.54) is 7.11 Å². The van der Waals surface area contributed by atoms with Crippen LogP contribution < -0.4 is 4.74 Å². The van der Waals surface area contributed by atoms with Gasteiger partial charge in [-0.3, -0.25) is 0 Å². The Kier molecular flexibility index (Phi) is 6.11. The second kappa shape index (κ2) is 8.55. The SMILES string of the molecule is COC(=O)c1ccc(OCc2ccccc2)c2c1CN(C(=O)OC(C)(C)C)CC2. The maximum atomic E-state index is 12.5. The summed E-state index contributed by atoms with van der Waals surface area (Å²) in [6, 6.07) is 13.4. The summed E-state index contributed by atoms with van der Waals surface area (Å²) in [5.74, 6) is 0.294. The molecule has 6 heteroatoms.